The van der Waals surface area contributed by atoms with Crippen LogP contribution in [0.2, 0.25) is 5.02 Å². The van der Waals surface area contributed by atoms with Crippen molar-refractivity contribution in [3.63, 3.8) is 0 Å². The number of hydrogen-bond donors (Lipinski definition) is 2. The van der Waals surface area contributed by atoms with Crippen molar-refractivity contribution in [3.8, 4) is 12.3 Å². The van der Waals surface area contributed by atoms with E-state index in [1.807, 2.05) is 0 Å². The number of rotatable bonds is 20. The lowest BCUT2D eigenvalue weighted by Crippen LogP contribution is -2.70. The van der Waals surface area contributed by atoms with Crippen molar-refractivity contribution >= 4 is 53.3 Å². The fraction of sp³-hybridized carbons (Fsp3) is 0.583. The molecule has 2 N–H and O–H groups in total. The van der Waals surface area contributed by atoms with Gasteiger partial charge in [0.2, 0.25) is 5.91 Å². The van der Waals surface area contributed by atoms with Crippen LogP contribution in [0.3, 0.4) is 0 Å². The van der Waals surface area contributed by atoms with E-state index in [0.29, 0.717) is 29.8 Å². The molecule has 17 heteroatoms. The van der Waals surface area contributed by atoms with E-state index in [1.54, 1.807) is 24.3 Å². The predicted octanol–water partition coefficient (Wildman–Crippen LogP) is 2.10. The zero-order chi connectivity index (χ0) is 39.6. The lowest BCUT2D eigenvalue weighted by Gasteiger charge is -2.48. The third-order valence-corrected chi connectivity index (χ3v) is 7.99. The summed E-state index contributed by atoms with van der Waals surface area (Å²) in [7, 11) is 1.07. The summed E-state index contributed by atoms with van der Waals surface area (Å²) in [5.41, 5.74) is 0.610. The van der Waals surface area contributed by atoms with Crippen LogP contribution in [0.4, 0.5) is 0 Å². The van der Waals surface area contributed by atoms with Crippen molar-refractivity contribution in [3.05, 3.63) is 34.9 Å². The minimum Gasteiger partial charge on any atom is -0.465 e. The van der Waals surface area contributed by atoms with Gasteiger partial charge in [-0.1, -0.05) is 36.6 Å². The van der Waals surface area contributed by atoms with Crippen LogP contribution in [0.15, 0.2) is 24.3 Å². The van der Waals surface area contributed by atoms with E-state index in [-0.39, 0.29) is 13.0 Å². The van der Waals surface area contributed by atoms with Gasteiger partial charge in [0.15, 0.2) is 18.8 Å². The molecule has 0 aromatic heterocycles. The van der Waals surface area contributed by atoms with Gasteiger partial charge in [-0.2, -0.15) is 0 Å². The molecule has 6 atom stereocenters. The monoisotopic (exact) mass is 766 g/mol. The van der Waals surface area contributed by atoms with Crippen molar-refractivity contribution in [2.75, 3.05) is 26.9 Å². The van der Waals surface area contributed by atoms with Crippen LogP contribution in [0.1, 0.15) is 71.8 Å². The maximum atomic E-state index is 13.5. The molecule has 0 aliphatic carbocycles. The van der Waals surface area contributed by atoms with Gasteiger partial charge < -0.3 is 43.8 Å². The molecule has 2 amide bonds. The average molecular weight is 767 g/mol. The lowest BCUT2D eigenvalue weighted by molar-refractivity contribution is -0.313. The quantitative estimate of drug-likeness (QED) is 0.0844. The molecule has 16 nitrogen and oxygen atoms in total. The number of unbranched alkanes of at least 4 members (excludes halogenated alkanes) is 4. The zero-order valence-corrected chi connectivity index (χ0v) is 31.2. The number of methoxy groups -OCH3 is 1. The molecule has 0 spiro atoms. The highest BCUT2D eigenvalue weighted by Crippen LogP contribution is 2.37. The van der Waals surface area contributed by atoms with Crippen LogP contribution in [0, 0.1) is 12.3 Å². The molecule has 1 saturated heterocycles. The fourth-order valence-electron chi connectivity index (χ4n) is 5.52. The minimum atomic E-state index is -2.31. The Morgan fingerprint density at radius 2 is 1.58 bits per heavy atom. The van der Waals surface area contributed by atoms with Crippen LogP contribution in [-0.4, -0.2) is 105 Å². The SMILES string of the molecule is C#CCCCCCCO[C@]1(C(=O)OC)C[C@H](OC(C)=O)[C@@H](NC(=O)COC(C)=O)[C@H]([C@H](OC(C)=O)[C@@H](CNC(=O)Cc2ccc(Cl)cc2)OC(C)=O)O1. The van der Waals surface area contributed by atoms with Gasteiger partial charge in [-0.15, -0.1) is 12.3 Å². The molecular formula is C36H47ClN2O14. The number of benzene rings is 1. The average Bonchev–Trinajstić information content (AvgIpc) is 3.09. The second-order valence-electron chi connectivity index (χ2n) is 12.1. The molecule has 1 fully saturated rings. The van der Waals surface area contributed by atoms with Gasteiger partial charge in [0.25, 0.3) is 11.7 Å². The van der Waals surface area contributed by atoms with Crippen molar-refractivity contribution in [2.24, 2.45) is 0 Å². The summed E-state index contributed by atoms with van der Waals surface area (Å²) < 4.78 is 39.1. The van der Waals surface area contributed by atoms with Crippen LogP contribution < -0.4 is 10.6 Å². The summed E-state index contributed by atoms with van der Waals surface area (Å²) in [5.74, 6) is -5.60. The van der Waals surface area contributed by atoms with Crippen LogP contribution in [-0.2, 0) is 73.1 Å². The standard InChI is InChI=1S/C36H47ClN2O14/c1-7-8-9-10-11-12-17-49-36(35(46)47-6)19-28(50-23(3)41)32(39-31(45)21-48-22(2)40)34(53-36)33(52-25(5)43)29(51-24(4)42)20-38-30(44)18-26-13-15-27(37)16-14-26/h1,13-16,28-29,32-34H,8-12,17-21H2,2-6H3,(H,38,44)(H,39,45)/t28-,29+,32+,33+,34+,36+/m0/s1. The van der Waals surface area contributed by atoms with E-state index in [4.69, 9.17) is 51.2 Å². The van der Waals surface area contributed by atoms with Crippen LogP contribution in [0.25, 0.3) is 0 Å². The van der Waals surface area contributed by atoms with Gasteiger partial charge in [0, 0.05) is 39.1 Å². The first-order valence-corrected chi connectivity index (χ1v) is 17.3. The number of halogens is 1. The lowest BCUT2D eigenvalue weighted by atomic mass is 9.87. The molecule has 1 aromatic rings. The molecule has 1 aliphatic rings. The molecule has 1 aromatic carbocycles. The minimum absolute atomic E-state index is 0.0551. The smallest absolute Gasteiger partial charge is 0.366 e. The number of carbonyl (C=O) groups is 7. The highest BCUT2D eigenvalue weighted by atomic mass is 35.5. The normalized spacial score (nSPS) is 20.4. The second kappa shape index (κ2) is 22.4. The Balaban J connectivity index is 2.62. The Morgan fingerprint density at radius 3 is 2.17 bits per heavy atom. The third-order valence-electron chi connectivity index (χ3n) is 7.74. The summed E-state index contributed by atoms with van der Waals surface area (Å²) in [6, 6.07) is 5.04. The van der Waals surface area contributed by atoms with Crippen molar-refractivity contribution in [2.45, 2.75) is 109 Å². The molecular weight excluding hydrogens is 720 g/mol. The van der Waals surface area contributed by atoms with E-state index >= 15 is 0 Å². The van der Waals surface area contributed by atoms with E-state index in [1.165, 1.54) is 0 Å². The highest BCUT2D eigenvalue weighted by Gasteiger charge is 2.59. The highest BCUT2D eigenvalue weighted by molar-refractivity contribution is 6.30. The number of carbonyl (C=O) groups excluding carboxylic acids is 7. The van der Waals surface area contributed by atoms with E-state index < -0.39 is 97.5 Å². The van der Waals surface area contributed by atoms with Crippen molar-refractivity contribution in [1.29, 1.82) is 0 Å². The molecule has 292 valence electrons. The van der Waals surface area contributed by atoms with Gasteiger partial charge in [0.1, 0.15) is 12.2 Å². The maximum Gasteiger partial charge on any atom is 0.366 e. The molecule has 1 heterocycles. The number of esters is 5. The van der Waals surface area contributed by atoms with E-state index in [0.717, 1.165) is 47.6 Å². The summed E-state index contributed by atoms with van der Waals surface area (Å²) in [6.07, 6.45) is 1.60. The predicted molar refractivity (Wildman–Crippen MR) is 185 cm³/mol. The topological polar surface area (TPSA) is 208 Å². The molecule has 0 radical (unpaired) electrons. The van der Waals surface area contributed by atoms with Gasteiger partial charge in [-0.3, -0.25) is 28.8 Å². The zero-order valence-electron chi connectivity index (χ0n) is 30.4. The summed E-state index contributed by atoms with van der Waals surface area (Å²) in [5, 5.41) is 5.66. The molecule has 0 bridgehead atoms. The third kappa shape index (κ3) is 15.4. The largest absolute Gasteiger partial charge is 0.465 e. The van der Waals surface area contributed by atoms with Crippen molar-refractivity contribution in [1.82, 2.24) is 10.6 Å². The number of hydrogen-bond acceptors (Lipinski definition) is 14. The van der Waals surface area contributed by atoms with Gasteiger partial charge in [-0.25, -0.2) is 4.79 Å². The first kappa shape index (κ1) is 44.4. The molecule has 0 unspecified atom stereocenters. The first-order valence-electron chi connectivity index (χ1n) is 16.9. The van der Waals surface area contributed by atoms with Crippen LogP contribution in [0.5, 0.6) is 0 Å². The Bertz CT molecular complexity index is 1480. The number of nitrogens with one attached hydrogen (secondary N) is 2. The van der Waals surface area contributed by atoms with Crippen LogP contribution >= 0.6 is 11.6 Å². The van der Waals surface area contributed by atoms with Crippen molar-refractivity contribution < 1.29 is 66.7 Å². The number of amides is 2. The Morgan fingerprint density at radius 1 is 0.925 bits per heavy atom. The first-order chi connectivity index (χ1) is 25.1. The molecule has 0 saturated carbocycles. The second-order valence-corrected chi connectivity index (χ2v) is 12.5. The van der Waals surface area contributed by atoms with Gasteiger partial charge in [0.05, 0.1) is 39.1 Å². The van der Waals surface area contributed by atoms with E-state index in [9.17, 15) is 33.6 Å². The maximum absolute atomic E-state index is 13.5. The number of terminal acetylenes is 1. The van der Waals surface area contributed by atoms with Gasteiger partial charge >= 0.3 is 29.8 Å². The number of ether oxygens (including phenoxy) is 7. The Hall–Kier alpha value is -4.72. The Kier molecular flexibility index (Phi) is 18.8. The molecule has 53 heavy (non-hydrogen) atoms. The summed E-state index contributed by atoms with van der Waals surface area (Å²) in [6.45, 7) is 3.00. The summed E-state index contributed by atoms with van der Waals surface area (Å²) >= 11 is 5.95. The summed E-state index contributed by atoms with van der Waals surface area (Å²) in [4.78, 5) is 88.6. The molecule has 2 rings (SSSR count). The fourth-order valence-corrected chi connectivity index (χ4v) is 5.65. The van der Waals surface area contributed by atoms with E-state index in [2.05, 4.69) is 16.6 Å². The Labute approximate surface area is 313 Å². The van der Waals surface area contributed by atoms with Gasteiger partial charge in [-0.05, 0) is 30.5 Å². The molecule has 1 aliphatic heterocycles.